The van der Waals surface area contributed by atoms with E-state index in [-0.39, 0.29) is 6.42 Å². The van der Waals surface area contributed by atoms with Crippen molar-refractivity contribution < 1.29 is 10.2 Å². The molecule has 1 heterocycles. The van der Waals surface area contributed by atoms with Crippen LogP contribution in [0, 0.1) is 0 Å². The number of hydrogen-bond donors (Lipinski definition) is 2. The zero-order valence-corrected chi connectivity index (χ0v) is 14.0. The Morgan fingerprint density at radius 2 is 1.72 bits per heavy atom. The van der Waals surface area contributed by atoms with Gasteiger partial charge in [0.1, 0.15) is 0 Å². The highest BCUT2D eigenvalue weighted by Crippen LogP contribution is 2.35. The van der Waals surface area contributed by atoms with Gasteiger partial charge in [-0.15, -0.1) is 10.2 Å². The van der Waals surface area contributed by atoms with E-state index in [4.69, 9.17) is 0 Å². The normalized spacial score (nSPS) is 16.9. The van der Waals surface area contributed by atoms with Crippen LogP contribution in [-0.2, 0) is 0 Å². The number of thiazole rings is 1. The van der Waals surface area contributed by atoms with E-state index in [1.807, 2.05) is 54.6 Å². The van der Waals surface area contributed by atoms with Crippen LogP contribution in [0.25, 0.3) is 15.8 Å². The maximum absolute atomic E-state index is 10.2. The standard InChI is InChI=1S/C19H15N3O2S/c23-19(24)11-10-14(12-15(19)13-6-2-1-3-7-13)21-22-18-20-16-8-4-5-9-17(16)25-18/h1-10,12,23-24H,11H2. The van der Waals surface area contributed by atoms with Crippen LogP contribution in [0.2, 0.25) is 0 Å². The lowest BCUT2D eigenvalue weighted by molar-refractivity contribution is -0.105. The first-order valence-electron chi connectivity index (χ1n) is 7.82. The van der Waals surface area contributed by atoms with Crippen molar-refractivity contribution in [2.45, 2.75) is 12.2 Å². The summed E-state index contributed by atoms with van der Waals surface area (Å²) < 4.78 is 1.05. The molecule has 3 aromatic rings. The number of aromatic nitrogens is 1. The molecule has 0 saturated carbocycles. The van der Waals surface area contributed by atoms with Crippen LogP contribution in [0.15, 0.2) is 82.7 Å². The van der Waals surface area contributed by atoms with Crippen molar-refractivity contribution in [2.75, 3.05) is 0 Å². The molecular weight excluding hydrogens is 334 g/mol. The van der Waals surface area contributed by atoms with E-state index in [1.165, 1.54) is 11.3 Å². The first kappa shape index (κ1) is 15.8. The van der Waals surface area contributed by atoms with Crippen molar-refractivity contribution in [1.29, 1.82) is 0 Å². The third kappa shape index (κ3) is 3.28. The molecule has 0 amide bonds. The summed E-state index contributed by atoms with van der Waals surface area (Å²) in [5.74, 6) is -1.91. The van der Waals surface area contributed by atoms with Gasteiger partial charge in [0.05, 0.1) is 15.9 Å². The van der Waals surface area contributed by atoms with Gasteiger partial charge in [-0.1, -0.05) is 59.9 Å². The Balaban J connectivity index is 1.64. The summed E-state index contributed by atoms with van der Waals surface area (Å²) in [5, 5.41) is 29.5. The zero-order valence-electron chi connectivity index (χ0n) is 13.2. The van der Waals surface area contributed by atoms with Gasteiger partial charge in [-0.05, 0) is 23.8 Å². The summed E-state index contributed by atoms with van der Waals surface area (Å²) in [6.07, 6.45) is 3.36. The van der Waals surface area contributed by atoms with Gasteiger partial charge in [-0.3, -0.25) is 0 Å². The molecule has 0 unspecified atom stereocenters. The SMILES string of the molecule is OC1(O)CC=C(N=Nc2nc3ccccc3s2)C=C1c1ccccc1. The number of para-hydroxylation sites is 1. The molecule has 0 fully saturated rings. The number of allylic oxidation sites excluding steroid dienone is 1. The van der Waals surface area contributed by atoms with E-state index in [0.29, 0.717) is 16.4 Å². The molecule has 1 aliphatic rings. The van der Waals surface area contributed by atoms with Gasteiger partial charge in [0.25, 0.3) is 0 Å². The summed E-state index contributed by atoms with van der Waals surface area (Å²) in [4.78, 5) is 4.41. The van der Waals surface area contributed by atoms with Crippen molar-refractivity contribution in [2.24, 2.45) is 10.2 Å². The predicted molar refractivity (Wildman–Crippen MR) is 98.4 cm³/mol. The number of hydrogen-bond acceptors (Lipinski definition) is 6. The molecule has 0 aliphatic heterocycles. The van der Waals surface area contributed by atoms with E-state index >= 15 is 0 Å². The number of aliphatic hydroxyl groups is 2. The van der Waals surface area contributed by atoms with Gasteiger partial charge in [0.15, 0.2) is 5.79 Å². The lowest BCUT2D eigenvalue weighted by atomic mass is 9.90. The minimum atomic E-state index is -1.91. The van der Waals surface area contributed by atoms with Gasteiger partial charge in [-0.25, -0.2) is 4.98 Å². The average molecular weight is 349 g/mol. The average Bonchev–Trinajstić information content (AvgIpc) is 3.04. The molecule has 0 saturated heterocycles. The van der Waals surface area contributed by atoms with Crippen LogP contribution in [0.4, 0.5) is 5.13 Å². The fraction of sp³-hybridized carbons (Fsp3) is 0.105. The van der Waals surface area contributed by atoms with Crippen molar-refractivity contribution in [3.63, 3.8) is 0 Å². The summed E-state index contributed by atoms with van der Waals surface area (Å²) in [7, 11) is 0. The first-order chi connectivity index (χ1) is 12.1. The molecule has 0 radical (unpaired) electrons. The smallest absolute Gasteiger partial charge is 0.231 e. The number of benzene rings is 2. The van der Waals surface area contributed by atoms with Gasteiger partial charge in [0.2, 0.25) is 5.13 Å². The number of nitrogens with zero attached hydrogens (tertiary/aromatic N) is 3. The first-order valence-corrected chi connectivity index (χ1v) is 8.63. The molecule has 1 aliphatic carbocycles. The Labute approximate surface area is 148 Å². The lowest BCUT2D eigenvalue weighted by Crippen LogP contribution is -2.30. The Morgan fingerprint density at radius 3 is 2.52 bits per heavy atom. The zero-order chi connectivity index (χ0) is 17.3. The molecular formula is C19H15N3O2S. The number of rotatable bonds is 3. The third-order valence-corrected chi connectivity index (χ3v) is 4.86. The van der Waals surface area contributed by atoms with Gasteiger partial charge in [0, 0.05) is 12.0 Å². The number of fused-ring (bicyclic) bond motifs is 1. The molecule has 1 aromatic heterocycles. The second kappa shape index (κ2) is 6.33. The van der Waals surface area contributed by atoms with E-state index in [2.05, 4.69) is 15.2 Å². The van der Waals surface area contributed by atoms with Gasteiger partial charge < -0.3 is 10.2 Å². The Kier molecular flexibility index (Phi) is 4.01. The van der Waals surface area contributed by atoms with Crippen LogP contribution < -0.4 is 0 Å². The lowest BCUT2D eigenvalue weighted by Gasteiger charge is -2.27. The summed E-state index contributed by atoms with van der Waals surface area (Å²) >= 11 is 1.46. The molecule has 2 aromatic carbocycles. The fourth-order valence-electron chi connectivity index (χ4n) is 2.68. The molecule has 4 rings (SSSR count). The molecule has 0 bridgehead atoms. The highest BCUT2D eigenvalue weighted by molar-refractivity contribution is 7.21. The molecule has 2 N–H and O–H groups in total. The summed E-state index contributed by atoms with van der Waals surface area (Å²) in [5.41, 5.74) is 2.63. The minimum Gasteiger partial charge on any atom is -0.362 e. The Morgan fingerprint density at radius 1 is 0.960 bits per heavy atom. The van der Waals surface area contributed by atoms with Crippen LogP contribution in [0.3, 0.4) is 0 Å². The van der Waals surface area contributed by atoms with Crippen LogP contribution in [0.1, 0.15) is 12.0 Å². The largest absolute Gasteiger partial charge is 0.362 e. The van der Waals surface area contributed by atoms with Crippen molar-refractivity contribution in [3.8, 4) is 0 Å². The van der Waals surface area contributed by atoms with Crippen LogP contribution in [-0.4, -0.2) is 21.0 Å². The van der Waals surface area contributed by atoms with E-state index in [9.17, 15) is 10.2 Å². The van der Waals surface area contributed by atoms with Crippen molar-refractivity contribution in [1.82, 2.24) is 4.98 Å². The summed E-state index contributed by atoms with van der Waals surface area (Å²) in [6, 6.07) is 17.1. The van der Waals surface area contributed by atoms with Crippen molar-refractivity contribution in [3.05, 3.63) is 78.0 Å². The fourth-order valence-corrected chi connectivity index (χ4v) is 3.47. The van der Waals surface area contributed by atoms with Crippen LogP contribution >= 0.6 is 11.3 Å². The molecule has 5 nitrogen and oxygen atoms in total. The number of azo groups is 1. The molecule has 0 spiro atoms. The molecule has 124 valence electrons. The minimum absolute atomic E-state index is 0.0575. The topological polar surface area (TPSA) is 78.1 Å². The second-order valence-corrected chi connectivity index (χ2v) is 6.75. The van der Waals surface area contributed by atoms with E-state index < -0.39 is 5.79 Å². The van der Waals surface area contributed by atoms with Crippen LogP contribution in [0.5, 0.6) is 0 Å². The molecule has 6 heteroatoms. The molecule has 0 atom stereocenters. The Hall–Kier alpha value is -2.67. The predicted octanol–water partition coefficient (Wildman–Crippen LogP) is 4.43. The maximum Gasteiger partial charge on any atom is 0.231 e. The summed E-state index contributed by atoms with van der Waals surface area (Å²) in [6.45, 7) is 0. The van der Waals surface area contributed by atoms with Gasteiger partial charge in [-0.2, -0.15) is 0 Å². The van der Waals surface area contributed by atoms with E-state index in [0.717, 1.165) is 15.8 Å². The Bertz CT molecular complexity index is 971. The highest BCUT2D eigenvalue weighted by atomic mass is 32.1. The maximum atomic E-state index is 10.2. The second-order valence-electron chi connectivity index (χ2n) is 5.74. The molecule has 25 heavy (non-hydrogen) atoms. The quantitative estimate of drug-likeness (QED) is 0.542. The third-order valence-electron chi connectivity index (χ3n) is 3.94. The van der Waals surface area contributed by atoms with Gasteiger partial charge >= 0.3 is 0 Å². The highest BCUT2D eigenvalue weighted by Gasteiger charge is 2.31. The monoisotopic (exact) mass is 349 g/mol. The van der Waals surface area contributed by atoms with Crippen molar-refractivity contribution >= 4 is 32.3 Å². The van der Waals surface area contributed by atoms with E-state index in [1.54, 1.807) is 12.2 Å².